The Morgan fingerprint density at radius 1 is 0.900 bits per heavy atom. The normalized spacial score (nSPS) is 22.4. The molecular formula is C30H49BN2O7. The van der Waals surface area contributed by atoms with Crippen molar-refractivity contribution in [3.63, 3.8) is 0 Å². The van der Waals surface area contributed by atoms with Crippen molar-refractivity contribution >= 4 is 18.7 Å². The minimum atomic E-state index is -0.481. The molecule has 0 unspecified atom stereocenters. The third-order valence-electron chi connectivity index (χ3n) is 8.55. The standard InChI is InChI=1S/C30H49BN2O7/c1-28(2,3)38-27(34)33-16-12-23(13-17-33)37-22-10-14-32(15-11-22)20-24-25(35-8)18-21(19-26(24)36-9)31-39-29(4,5)30(6,7)40-31/h18-19,22-23H,10-17,20H2,1-9H3. The number of carbonyl (C=O) groups excluding carboxylic acids is 1. The van der Waals surface area contributed by atoms with E-state index in [1.54, 1.807) is 19.1 Å². The fourth-order valence-corrected chi connectivity index (χ4v) is 5.48. The van der Waals surface area contributed by atoms with Gasteiger partial charge in [-0.05, 0) is 91.7 Å². The Bertz CT molecular complexity index is 984. The Hall–Kier alpha value is -2.01. The van der Waals surface area contributed by atoms with E-state index in [-0.39, 0.29) is 18.3 Å². The highest BCUT2D eigenvalue weighted by Gasteiger charge is 2.52. The lowest BCUT2D eigenvalue weighted by Crippen LogP contribution is -2.45. The van der Waals surface area contributed by atoms with E-state index in [0.29, 0.717) is 13.1 Å². The number of rotatable bonds is 7. The van der Waals surface area contributed by atoms with Gasteiger partial charge in [-0.3, -0.25) is 4.90 Å². The number of nitrogens with zero attached hydrogens (tertiary/aromatic N) is 2. The molecule has 1 aromatic rings. The lowest BCUT2D eigenvalue weighted by atomic mass is 9.78. The lowest BCUT2D eigenvalue weighted by molar-refractivity contribution is -0.0669. The van der Waals surface area contributed by atoms with Gasteiger partial charge in [0.2, 0.25) is 0 Å². The van der Waals surface area contributed by atoms with Crippen LogP contribution in [0.25, 0.3) is 0 Å². The van der Waals surface area contributed by atoms with Crippen LogP contribution in [0.1, 0.15) is 79.7 Å². The van der Waals surface area contributed by atoms with Crippen LogP contribution >= 0.6 is 0 Å². The van der Waals surface area contributed by atoms with Crippen molar-refractivity contribution in [2.24, 2.45) is 0 Å². The second kappa shape index (κ2) is 12.1. The minimum absolute atomic E-state index is 0.193. The van der Waals surface area contributed by atoms with Crippen molar-refractivity contribution < 1.29 is 33.1 Å². The van der Waals surface area contributed by atoms with E-state index in [1.165, 1.54) is 0 Å². The van der Waals surface area contributed by atoms with Gasteiger partial charge in [-0.2, -0.15) is 0 Å². The molecule has 9 nitrogen and oxygen atoms in total. The fraction of sp³-hybridized carbons (Fsp3) is 0.767. The Balaban J connectivity index is 1.30. The second-order valence-corrected chi connectivity index (χ2v) is 13.3. The molecule has 0 aromatic heterocycles. The van der Waals surface area contributed by atoms with E-state index in [9.17, 15) is 4.79 Å². The summed E-state index contributed by atoms with van der Waals surface area (Å²) in [7, 11) is 2.91. The topological polar surface area (TPSA) is 78.9 Å². The zero-order valence-electron chi connectivity index (χ0n) is 26.0. The maximum Gasteiger partial charge on any atom is 0.495 e. The highest BCUT2D eigenvalue weighted by molar-refractivity contribution is 6.62. The van der Waals surface area contributed by atoms with Crippen LogP contribution in [0.4, 0.5) is 4.79 Å². The van der Waals surface area contributed by atoms with E-state index in [4.69, 9.17) is 28.3 Å². The first-order chi connectivity index (χ1) is 18.7. The van der Waals surface area contributed by atoms with Crippen LogP contribution in [0.3, 0.4) is 0 Å². The van der Waals surface area contributed by atoms with Gasteiger partial charge in [-0.1, -0.05) is 0 Å². The summed E-state index contributed by atoms with van der Waals surface area (Å²) in [4.78, 5) is 16.6. The molecule has 0 saturated carbocycles. The van der Waals surface area contributed by atoms with Gasteiger partial charge >= 0.3 is 13.2 Å². The summed E-state index contributed by atoms with van der Waals surface area (Å²) in [6.45, 7) is 17.9. The quantitative estimate of drug-likeness (QED) is 0.455. The van der Waals surface area contributed by atoms with Crippen molar-refractivity contribution in [2.75, 3.05) is 40.4 Å². The lowest BCUT2D eigenvalue weighted by Gasteiger charge is -2.37. The summed E-state index contributed by atoms with van der Waals surface area (Å²) in [6, 6.07) is 4.03. The largest absolute Gasteiger partial charge is 0.496 e. The highest BCUT2D eigenvalue weighted by Crippen LogP contribution is 2.38. The van der Waals surface area contributed by atoms with Gasteiger partial charge in [-0.15, -0.1) is 0 Å². The highest BCUT2D eigenvalue weighted by atomic mass is 16.7. The van der Waals surface area contributed by atoms with E-state index in [0.717, 1.165) is 67.8 Å². The van der Waals surface area contributed by atoms with Crippen LogP contribution < -0.4 is 14.9 Å². The predicted octanol–water partition coefficient (Wildman–Crippen LogP) is 4.38. The molecule has 1 amide bonds. The number of carbonyl (C=O) groups is 1. The molecular weight excluding hydrogens is 511 g/mol. The summed E-state index contributed by atoms with van der Waals surface area (Å²) in [5.74, 6) is 1.55. The molecule has 3 aliphatic rings. The Morgan fingerprint density at radius 3 is 1.82 bits per heavy atom. The molecule has 4 rings (SSSR count). The van der Waals surface area contributed by atoms with Gasteiger partial charge in [0.25, 0.3) is 0 Å². The van der Waals surface area contributed by atoms with Crippen molar-refractivity contribution in [1.82, 2.24) is 9.80 Å². The van der Waals surface area contributed by atoms with Crippen LogP contribution in [0, 0.1) is 0 Å². The summed E-state index contributed by atoms with van der Waals surface area (Å²) in [6.07, 6.45) is 3.86. The van der Waals surface area contributed by atoms with Crippen molar-refractivity contribution in [1.29, 1.82) is 0 Å². The minimum Gasteiger partial charge on any atom is -0.496 e. The summed E-state index contributed by atoms with van der Waals surface area (Å²) < 4.78 is 36.2. The Morgan fingerprint density at radius 2 is 1.38 bits per heavy atom. The molecule has 0 bridgehead atoms. The third-order valence-corrected chi connectivity index (χ3v) is 8.55. The maximum atomic E-state index is 12.4. The molecule has 10 heteroatoms. The first kappa shape index (κ1) is 30.9. The number of methoxy groups -OCH3 is 2. The summed E-state index contributed by atoms with van der Waals surface area (Å²) in [5.41, 5.74) is 0.610. The second-order valence-electron chi connectivity index (χ2n) is 13.3. The van der Waals surface area contributed by atoms with Gasteiger partial charge in [0.15, 0.2) is 0 Å². The van der Waals surface area contributed by atoms with Crippen LogP contribution in [0.5, 0.6) is 11.5 Å². The van der Waals surface area contributed by atoms with Crippen molar-refractivity contribution in [3.05, 3.63) is 17.7 Å². The van der Waals surface area contributed by atoms with Crippen LogP contribution in [-0.2, 0) is 25.3 Å². The number of amides is 1. The van der Waals surface area contributed by atoms with Gasteiger partial charge < -0.3 is 33.2 Å². The van der Waals surface area contributed by atoms with Gasteiger partial charge in [-0.25, -0.2) is 4.79 Å². The van der Waals surface area contributed by atoms with Crippen LogP contribution in [-0.4, -0.2) is 92.4 Å². The predicted molar refractivity (Wildman–Crippen MR) is 155 cm³/mol. The molecule has 1 aromatic carbocycles. The Kier molecular flexibility index (Phi) is 9.34. The molecule has 3 fully saturated rings. The monoisotopic (exact) mass is 560 g/mol. The molecule has 3 saturated heterocycles. The zero-order chi connectivity index (χ0) is 29.3. The average Bonchev–Trinajstić information content (AvgIpc) is 3.11. The first-order valence-electron chi connectivity index (χ1n) is 14.7. The number of hydrogen-bond acceptors (Lipinski definition) is 8. The number of hydrogen-bond donors (Lipinski definition) is 0. The first-order valence-corrected chi connectivity index (χ1v) is 14.7. The molecule has 40 heavy (non-hydrogen) atoms. The fourth-order valence-electron chi connectivity index (χ4n) is 5.48. The third kappa shape index (κ3) is 7.25. The van der Waals surface area contributed by atoms with E-state index < -0.39 is 23.9 Å². The van der Waals surface area contributed by atoms with E-state index >= 15 is 0 Å². The molecule has 3 heterocycles. The van der Waals surface area contributed by atoms with Gasteiger partial charge in [0.1, 0.15) is 17.1 Å². The van der Waals surface area contributed by atoms with Crippen molar-refractivity contribution in [2.45, 2.75) is 110 Å². The number of ether oxygens (including phenoxy) is 4. The maximum absolute atomic E-state index is 12.4. The Labute approximate surface area is 240 Å². The van der Waals surface area contributed by atoms with Gasteiger partial charge in [0.05, 0.1) is 43.2 Å². The van der Waals surface area contributed by atoms with E-state index in [1.807, 2.05) is 32.9 Å². The number of piperidine rings is 2. The van der Waals surface area contributed by atoms with E-state index in [2.05, 4.69) is 32.6 Å². The number of benzene rings is 1. The summed E-state index contributed by atoms with van der Waals surface area (Å²) >= 11 is 0. The molecule has 0 atom stereocenters. The molecule has 0 spiro atoms. The zero-order valence-corrected chi connectivity index (χ0v) is 26.0. The van der Waals surface area contributed by atoms with Crippen LogP contribution in [0.15, 0.2) is 12.1 Å². The molecule has 0 radical (unpaired) electrons. The van der Waals surface area contributed by atoms with Crippen molar-refractivity contribution in [3.8, 4) is 11.5 Å². The summed E-state index contributed by atoms with van der Waals surface area (Å²) in [5, 5.41) is 0. The SMILES string of the molecule is COc1cc(B2OC(C)(C)C(C)(C)O2)cc(OC)c1CN1CCC(OC2CCN(C(=O)OC(C)(C)C)CC2)CC1. The smallest absolute Gasteiger partial charge is 0.495 e. The molecule has 3 aliphatic heterocycles. The number of likely N-dealkylation sites (tertiary alicyclic amines) is 2. The molecule has 0 aliphatic carbocycles. The average molecular weight is 561 g/mol. The molecule has 0 N–H and O–H groups in total. The van der Waals surface area contributed by atoms with Gasteiger partial charge in [0, 0.05) is 32.7 Å². The molecule has 224 valence electrons. The van der Waals surface area contributed by atoms with Crippen LogP contribution in [0.2, 0.25) is 0 Å².